The molecule has 1 aliphatic rings. The van der Waals surface area contributed by atoms with Crippen LogP contribution >= 0.6 is 0 Å². The molecule has 0 spiro atoms. The predicted octanol–water partition coefficient (Wildman–Crippen LogP) is 4.96. The number of piperidine rings is 1. The topological polar surface area (TPSA) is 122 Å². The van der Waals surface area contributed by atoms with Crippen LogP contribution in [0.4, 0.5) is 10.6 Å². The van der Waals surface area contributed by atoms with Gasteiger partial charge < -0.3 is 16.2 Å². The van der Waals surface area contributed by atoms with Crippen molar-refractivity contribution in [3.63, 3.8) is 0 Å². The molecule has 39 heavy (non-hydrogen) atoms. The smallest absolute Gasteiger partial charge is 0.404 e. The number of nitrogens with zero attached hydrogens (tertiary/aromatic N) is 5. The lowest BCUT2D eigenvalue weighted by atomic mass is 10.0. The minimum absolute atomic E-state index is 0.0299. The Balaban J connectivity index is 1.34. The molecular formula is C30H29N7O2. The average Bonchev–Trinajstić information content (AvgIpc) is 3.33. The van der Waals surface area contributed by atoms with E-state index in [9.17, 15) is 4.79 Å². The maximum absolute atomic E-state index is 10.9. The van der Waals surface area contributed by atoms with Crippen LogP contribution in [0.3, 0.4) is 0 Å². The van der Waals surface area contributed by atoms with Crippen molar-refractivity contribution in [2.45, 2.75) is 25.4 Å². The molecule has 2 aromatic carbocycles. The van der Waals surface area contributed by atoms with Crippen molar-refractivity contribution in [3.05, 3.63) is 90.6 Å². The molecule has 0 radical (unpaired) electrons. The molecule has 4 heterocycles. The summed E-state index contributed by atoms with van der Waals surface area (Å²) >= 11 is 0. The van der Waals surface area contributed by atoms with Gasteiger partial charge in [0.1, 0.15) is 11.3 Å². The van der Waals surface area contributed by atoms with Gasteiger partial charge in [0, 0.05) is 43.1 Å². The number of benzene rings is 2. The highest BCUT2D eigenvalue weighted by Gasteiger charge is 2.21. The number of hydrogen-bond donors (Lipinski definition) is 3. The zero-order valence-electron chi connectivity index (χ0n) is 21.4. The molecule has 0 unspecified atom stereocenters. The third-order valence-corrected chi connectivity index (χ3v) is 7.17. The highest BCUT2D eigenvalue weighted by molar-refractivity contribution is 5.84. The first-order valence-corrected chi connectivity index (χ1v) is 13.0. The first-order valence-electron chi connectivity index (χ1n) is 13.0. The zero-order valence-corrected chi connectivity index (χ0v) is 21.4. The van der Waals surface area contributed by atoms with Crippen molar-refractivity contribution in [2.75, 3.05) is 18.8 Å². The van der Waals surface area contributed by atoms with Crippen LogP contribution in [0.2, 0.25) is 0 Å². The van der Waals surface area contributed by atoms with E-state index in [0.29, 0.717) is 11.6 Å². The number of rotatable bonds is 6. The van der Waals surface area contributed by atoms with E-state index in [1.54, 1.807) is 6.20 Å². The van der Waals surface area contributed by atoms with Crippen LogP contribution in [0.25, 0.3) is 39.5 Å². The van der Waals surface area contributed by atoms with E-state index in [0.717, 1.165) is 66.1 Å². The van der Waals surface area contributed by atoms with E-state index < -0.39 is 6.09 Å². The van der Waals surface area contributed by atoms with Crippen molar-refractivity contribution in [1.29, 1.82) is 0 Å². The Labute approximate surface area is 226 Å². The molecule has 0 saturated carbocycles. The number of imidazole rings is 1. The molecule has 0 aliphatic carbocycles. The number of nitrogens with one attached hydrogen (secondary N) is 1. The summed E-state index contributed by atoms with van der Waals surface area (Å²) in [7, 11) is 0. The van der Waals surface area contributed by atoms with E-state index in [1.807, 2.05) is 59.2 Å². The lowest BCUT2D eigenvalue weighted by molar-refractivity contribution is 0.165. The summed E-state index contributed by atoms with van der Waals surface area (Å²) in [5.74, 6) is 1.10. The van der Waals surface area contributed by atoms with E-state index in [4.69, 9.17) is 20.8 Å². The fourth-order valence-corrected chi connectivity index (χ4v) is 5.18. The molecule has 6 rings (SSSR count). The number of hydrogen-bond acceptors (Lipinski definition) is 6. The Morgan fingerprint density at radius 3 is 2.44 bits per heavy atom. The third-order valence-electron chi connectivity index (χ3n) is 7.17. The Kier molecular flexibility index (Phi) is 6.64. The van der Waals surface area contributed by atoms with Crippen LogP contribution in [0.15, 0.2) is 85.1 Å². The van der Waals surface area contributed by atoms with Crippen LogP contribution in [0, 0.1) is 0 Å². The summed E-state index contributed by atoms with van der Waals surface area (Å²) in [5, 5.41) is 11.6. The van der Waals surface area contributed by atoms with Crippen LogP contribution < -0.4 is 11.1 Å². The van der Waals surface area contributed by atoms with Gasteiger partial charge in [-0.2, -0.15) is 0 Å². The molecule has 9 nitrogen and oxygen atoms in total. The monoisotopic (exact) mass is 519 g/mol. The molecule has 5 aromatic rings. The molecule has 4 N–H and O–H groups in total. The number of fused-ring (bicyclic) bond motifs is 1. The number of pyridine rings is 2. The van der Waals surface area contributed by atoms with Crippen LogP contribution in [0.5, 0.6) is 0 Å². The summed E-state index contributed by atoms with van der Waals surface area (Å²) in [6.07, 6.45) is 2.36. The lowest BCUT2D eigenvalue weighted by Gasteiger charge is -2.31. The quantitative estimate of drug-likeness (QED) is 0.290. The van der Waals surface area contributed by atoms with Gasteiger partial charge in [-0.15, -0.1) is 0 Å². The average molecular weight is 520 g/mol. The fourth-order valence-electron chi connectivity index (χ4n) is 5.18. The maximum atomic E-state index is 10.9. The molecule has 196 valence electrons. The highest BCUT2D eigenvalue weighted by atomic mass is 16.4. The van der Waals surface area contributed by atoms with Gasteiger partial charge in [0.05, 0.1) is 11.3 Å². The molecule has 9 heteroatoms. The van der Waals surface area contributed by atoms with Crippen LogP contribution in [-0.4, -0.2) is 54.8 Å². The fraction of sp³-hybridized carbons (Fsp3) is 0.200. The van der Waals surface area contributed by atoms with E-state index in [1.165, 1.54) is 5.56 Å². The Bertz CT molecular complexity index is 1610. The summed E-state index contributed by atoms with van der Waals surface area (Å²) in [4.78, 5) is 27.5. The molecule has 1 aliphatic heterocycles. The summed E-state index contributed by atoms with van der Waals surface area (Å²) in [5.41, 5.74) is 12.6. The summed E-state index contributed by atoms with van der Waals surface area (Å²) in [6.45, 7) is 2.52. The molecule has 1 fully saturated rings. The number of carbonyl (C=O) groups is 1. The molecule has 1 amide bonds. The van der Waals surface area contributed by atoms with Gasteiger partial charge in [-0.25, -0.2) is 19.7 Å². The lowest BCUT2D eigenvalue weighted by Crippen LogP contribution is -2.43. The van der Waals surface area contributed by atoms with Crippen molar-refractivity contribution >= 4 is 23.1 Å². The number of likely N-dealkylation sites (tertiary alicyclic amines) is 1. The minimum atomic E-state index is -0.950. The van der Waals surface area contributed by atoms with Gasteiger partial charge in [-0.05, 0) is 54.8 Å². The number of nitrogens with two attached hydrogens (primary N) is 1. The standard InChI is InChI=1S/C30H29N7O2/c31-27-24(7-4-16-32-27)28-35-26-13-12-25(21-5-2-1-3-6-21)34-29(26)37(28)23-10-8-20(9-11-23)19-36-17-14-22(15-18-36)33-30(38)39/h1-13,16,22,33H,14-15,17-19H2,(H2,31,32)(H,38,39). The predicted molar refractivity (Wildman–Crippen MR) is 151 cm³/mol. The first kappa shape index (κ1) is 24.6. The van der Waals surface area contributed by atoms with Crippen molar-refractivity contribution in [1.82, 2.24) is 29.7 Å². The SMILES string of the molecule is Nc1ncccc1-c1nc2ccc(-c3ccccc3)nc2n1-c1ccc(CN2CCC(NC(=O)O)CC2)cc1. The molecule has 3 aromatic heterocycles. The van der Waals surface area contributed by atoms with Crippen molar-refractivity contribution in [3.8, 4) is 28.3 Å². The largest absolute Gasteiger partial charge is 0.465 e. The number of amides is 1. The van der Waals surface area contributed by atoms with E-state index >= 15 is 0 Å². The van der Waals surface area contributed by atoms with E-state index in [-0.39, 0.29) is 6.04 Å². The third kappa shape index (κ3) is 5.17. The van der Waals surface area contributed by atoms with Crippen LogP contribution in [-0.2, 0) is 6.54 Å². The molecule has 0 bridgehead atoms. The highest BCUT2D eigenvalue weighted by Crippen LogP contribution is 2.32. The Hall–Kier alpha value is -4.76. The second-order valence-corrected chi connectivity index (χ2v) is 9.78. The normalized spacial score (nSPS) is 14.5. The van der Waals surface area contributed by atoms with Gasteiger partial charge in [-0.1, -0.05) is 42.5 Å². The first-order chi connectivity index (χ1) is 19.0. The van der Waals surface area contributed by atoms with E-state index in [2.05, 4.69) is 39.5 Å². The van der Waals surface area contributed by atoms with Gasteiger partial charge >= 0.3 is 6.09 Å². The Morgan fingerprint density at radius 2 is 1.72 bits per heavy atom. The van der Waals surface area contributed by atoms with Crippen molar-refractivity contribution in [2.24, 2.45) is 0 Å². The van der Waals surface area contributed by atoms with Gasteiger partial charge in [0.2, 0.25) is 0 Å². The summed E-state index contributed by atoms with van der Waals surface area (Å²) < 4.78 is 2.04. The number of nitrogen functional groups attached to an aromatic ring is 1. The maximum Gasteiger partial charge on any atom is 0.404 e. The molecule has 1 saturated heterocycles. The molecular weight excluding hydrogens is 490 g/mol. The Morgan fingerprint density at radius 1 is 0.949 bits per heavy atom. The second kappa shape index (κ2) is 10.5. The van der Waals surface area contributed by atoms with Gasteiger partial charge in [-0.3, -0.25) is 9.47 Å². The van der Waals surface area contributed by atoms with Crippen molar-refractivity contribution < 1.29 is 9.90 Å². The number of aromatic nitrogens is 4. The number of anilines is 1. The second-order valence-electron chi connectivity index (χ2n) is 9.78. The van der Waals surface area contributed by atoms with Crippen LogP contribution in [0.1, 0.15) is 18.4 Å². The zero-order chi connectivity index (χ0) is 26.8. The van der Waals surface area contributed by atoms with Gasteiger partial charge in [0.25, 0.3) is 0 Å². The minimum Gasteiger partial charge on any atom is -0.465 e. The summed E-state index contributed by atoms with van der Waals surface area (Å²) in [6, 6.07) is 26.3. The number of carboxylic acid groups (broad SMARTS) is 1. The molecule has 0 atom stereocenters. The van der Waals surface area contributed by atoms with Gasteiger partial charge in [0.15, 0.2) is 11.5 Å².